The molecule has 0 bridgehead atoms. The lowest BCUT2D eigenvalue weighted by Gasteiger charge is -2.39. The second kappa shape index (κ2) is 5.80. The summed E-state index contributed by atoms with van der Waals surface area (Å²) in [6.07, 6.45) is 2.25. The number of unbranched alkanes of at least 4 members (excludes halogenated alkanes) is 1. The molecule has 0 radical (unpaired) electrons. The highest BCUT2D eigenvalue weighted by Gasteiger charge is 2.52. The van der Waals surface area contributed by atoms with Crippen LogP contribution in [-0.4, -0.2) is 53.0 Å². The number of hydrogen-bond donors (Lipinski definition) is 1. The summed E-state index contributed by atoms with van der Waals surface area (Å²) in [5, 5.41) is 11.4. The molecule has 2 rings (SSSR count). The second-order valence-electron chi connectivity index (χ2n) is 5.86. The van der Waals surface area contributed by atoms with E-state index in [-0.39, 0.29) is 11.9 Å². The molecular weight excluding hydrogens is 256 g/mol. The van der Waals surface area contributed by atoms with Crippen molar-refractivity contribution in [3.8, 4) is 6.07 Å². The fraction of sp³-hybridized carbons (Fsp3) is 0.786. The summed E-state index contributed by atoms with van der Waals surface area (Å²) in [4.78, 5) is 28.1. The van der Waals surface area contributed by atoms with Crippen molar-refractivity contribution in [2.75, 3.05) is 19.6 Å². The third-order valence-corrected chi connectivity index (χ3v) is 4.30. The van der Waals surface area contributed by atoms with Crippen LogP contribution < -0.4 is 5.32 Å². The minimum absolute atomic E-state index is 0.108. The van der Waals surface area contributed by atoms with E-state index in [1.165, 1.54) is 4.90 Å². The summed E-state index contributed by atoms with van der Waals surface area (Å²) in [5.41, 5.74) is -0.699. The minimum atomic E-state index is -0.699. The molecule has 1 N–H and O–H groups in total. The van der Waals surface area contributed by atoms with Gasteiger partial charge in [-0.15, -0.1) is 0 Å². The summed E-state index contributed by atoms with van der Waals surface area (Å²) in [6, 6.07) is 2.20. The van der Waals surface area contributed by atoms with Crippen molar-refractivity contribution in [3.05, 3.63) is 0 Å². The molecule has 2 aliphatic rings. The van der Waals surface area contributed by atoms with Gasteiger partial charge < -0.3 is 10.2 Å². The minimum Gasteiger partial charge on any atom is -0.323 e. The van der Waals surface area contributed by atoms with Crippen LogP contribution in [0.4, 0.5) is 4.79 Å². The number of hydrogen-bond acceptors (Lipinski definition) is 4. The molecular formula is C14H22N4O2. The highest BCUT2D eigenvalue weighted by molar-refractivity contribution is 6.07. The molecule has 110 valence electrons. The van der Waals surface area contributed by atoms with Crippen molar-refractivity contribution < 1.29 is 9.59 Å². The molecule has 1 spiro atoms. The Morgan fingerprint density at radius 1 is 1.35 bits per heavy atom. The molecule has 2 saturated heterocycles. The molecule has 0 atom stereocenters. The number of nitriles is 1. The van der Waals surface area contributed by atoms with Gasteiger partial charge in [0.05, 0.1) is 6.07 Å². The third-order valence-electron chi connectivity index (χ3n) is 4.30. The van der Waals surface area contributed by atoms with E-state index in [1.54, 1.807) is 0 Å². The smallest absolute Gasteiger partial charge is 0.323 e. The average molecular weight is 278 g/mol. The van der Waals surface area contributed by atoms with Gasteiger partial charge in [0.25, 0.3) is 5.91 Å². The second-order valence-corrected chi connectivity index (χ2v) is 5.86. The van der Waals surface area contributed by atoms with Crippen molar-refractivity contribution in [1.29, 1.82) is 5.26 Å². The SMILES string of the molecule is CC(C)N1CCC2(CC1)NC(=O)N(CCCC#N)C2=O. The Labute approximate surface area is 119 Å². The van der Waals surface area contributed by atoms with E-state index >= 15 is 0 Å². The van der Waals surface area contributed by atoms with Gasteiger partial charge in [-0.25, -0.2) is 4.79 Å². The van der Waals surface area contributed by atoms with Crippen LogP contribution in [0.3, 0.4) is 0 Å². The maximum absolute atomic E-state index is 12.5. The van der Waals surface area contributed by atoms with Gasteiger partial charge in [0.1, 0.15) is 5.54 Å². The van der Waals surface area contributed by atoms with E-state index in [2.05, 4.69) is 24.1 Å². The van der Waals surface area contributed by atoms with E-state index in [0.717, 1.165) is 13.1 Å². The van der Waals surface area contributed by atoms with Crippen molar-refractivity contribution in [2.45, 2.75) is 51.1 Å². The molecule has 2 fully saturated rings. The highest BCUT2D eigenvalue weighted by atomic mass is 16.2. The molecule has 0 aliphatic carbocycles. The first-order valence-corrected chi connectivity index (χ1v) is 7.25. The maximum Gasteiger partial charge on any atom is 0.325 e. The first kappa shape index (κ1) is 14.8. The molecule has 2 heterocycles. The van der Waals surface area contributed by atoms with Crippen LogP contribution in [0.5, 0.6) is 0 Å². The van der Waals surface area contributed by atoms with E-state index in [0.29, 0.717) is 38.3 Å². The fourth-order valence-electron chi connectivity index (χ4n) is 2.96. The first-order chi connectivity index (χ1) is 9.50. The predicted octanol–water partition coefficient (Wildman–Crippen LogP) is 1.08. The van der Waals surface area contributed by atoms with Crippen molar-refractivity contribution in [3.63, 3.8) is 0 Å². The number of imide groups is 1. The Morgan fingerprint density at radius 3 is 2.55 bits per heavy atom. The lowest BCUT2D eigenvalue weighted by molar-refractivity contribution is -0.133. The Hall–Kier alpha value is -1.61. The average Bonchev–Trinajstić information content (AvgIpc) is 2.64. The summed E-state index contributed by atoms with van der Waals surface area (Å²) in [5.74, 6) is -0.108. The van der Waals surface area contributed by atoms with Gasteiger partial charge in [-0.05, 0) is 33.1 Å². The number of likely N-dealkylation sites (tertiary alicyclic amines) is 1. The topological polar surface area (TPSA) is 76.4 Å². The van der Waals surface area contributed by atoms with Gasteiger partial charge in [-0.1, -0.05) is 0 Å². The van der Waals surface area contributed by atoms with Crippen molar-refractivity contribution >= 4 is 11.9 Å². The zero-order chi connectivity index (χ0) is 14.8. The molecule has 0 unspecified atom stereocenters. The van der Waals surface area contributed by atoms with Crippen LogP contribution >= 0.6 is 0 Å². The molecule has 6 heteroatoms. The summed E-state index contributed by atoms with van der Waals surface area (Å²) < 4.78 is 0. The maximum atomic E-state index is 12.5. The van der Waals surface area contributed by atoms with Gasteiger partial charge in [0.15, 0.2) is 0 Å². The Balaban J connectivity index is 1.99. The number of piperidine rings is 1. The number of nitrogens with zero attached hydrogens (tertiary/aromatic N) is 3. The Morgan fingerprint density at radius 2 is 2.00 bits per heavy atom. The number of carbonyl (C=O) groups is 2. The van der Waals surface area contributed by atoms with Gasteiger partial charge in [-0.2, -0.15) is 5.26 Å². The summed E-state index contributed by atoms with van der Waals surface area (Å²) in [6.45, 7) is 6.28. The fourth-order valence-corrected chi connectivity index (χ4v) is 2.96. The van der Waals surface area contributed by atoms with Crippen LogP contribution in [0.25, 0.3) is 0 Å². The molecule has 2 aliphatic heterocycles. The van der Waals surface area contributed by atoms with Gasteiger partial charge in [0, 0.05) is 32.1 Å². The lowest BCUT2D eigenvalue weighted by Crippen LogP contribution is -2.56. The quantitative estimate of drug-likeness (QED) is 0.617. The summed E-state index contributed by atoms with van der Waals surface area (Å²) in [7, 11) is 0. The molecule has 3 amide bonds. The van der Waals surface area contributed by atoms with Crippen LogP contribution in [0.2, 0.25) is 0 Å². The largest absolute Gasteiger partial charge is 0.325 e. The zero-order valence-electron chi connectivity index (χ0n) is 12.2. The van der Waals surface area contributed by atoms with Crippen LogP contribution in [0.15, 0.2) is 0 Å². The number of rotatable bonds is 4. The molecule has 0 aromatic heterocycles. The molecule has 0 saturated carbocycles. The molecule has 0 aromatic carbocycles. The van der Waals surface area contributed by atoms with E-state index < -0.39 is 5.54 Å². The summed E-state index contributed by atoms with van der Waals surface area (Å²) >= 11 is 0. The predicted molar refractivity (Wildman–Crippen MR) is 73.8 cm³/mol. The lowest BCUT2D eigenvalue weighted by atomic mass is 9.87. The third kappa shape index (κ3) is 2.63. The van der Waals surface area contributed by atoms with Crippen LogP contribution in [0, 0.1) is 11.3 Å². The van der Waals surface area contributed by atoms with Crippen molar-refractivity contribution in [1.82, 2.24) is 15.1 Å². The Bertz CT molecular complexity index is 433. The Kier molecular flexibility index (Phi) is 4.29. The first-order valence-electron chi connectivity index (χ1n) is 7.25. The van der Waals surface area contributed by atoms with Gasteiger partial charge >= 0.3 is 6.03 Å². The zero-order valence-corrected chi connectivity index (χ0v) is 12.2. The van der Waals surface area contributed by atoms with Crippen molar-refractivity contribution in [2.24, 2.45) is 0 Å². The van der Waals surface area contributed by atoms with Gasteiger partial charge in [0.2, 0.25) is 0 Å². The van der Waals surface area contributed by atoms with Crippen LogP contribution in [0.1, 0.15) is 39.5 Å². The number of amides is 3. The molecule has 6 nitrogen and oxygen atoms in total. The van der Waals surface area contributed by atoms with Crippen LogP contribution in [-0.2, 0) is 4.79 Å². The number of nitrogens with one attached hydrogen (secondary N) is 1. The highest BCUT2D eigenvalue weighted by Crippen LogP contribution is 2.30. The molecule has 20 heavy (non-hydrogen) atoms. The monoisotopic (exact) mass is 278 g/mol. The van der Waals surface area contributed by atoms with Gasteiger partial charge in [-0.3, -0.25) is 9.69 Å². The van der Waals surface area contributed by atoms with E-state index in [9.17, 15) is 9.59 Å². The van der Waals surface area contributed by atoms with E-state index in [4.69, 9.17) is 5.26 Å². The number of carbonyl (C=O) groups excluding carboxylic acids is 2. The van der Waals surface area contributed by atoms with E-state index in [1.807, 2.05) is 6.07 Å². The normalized spacial score (nSPS) is 22.4. The standard InChI is InChI=1S/C14H22N4O2/c1-11(2)17-9-5-14(6-10-17)12(19)18(13(20)16-14)8-4-3-7-15/h11H,3-6,8-10H2,1-2H3,(H,16,20). The molecule has 0 aromatic rings. The number of urea groups is 1.